The van der Waals surface area contributed by atoms with Gasteiger partial charge >= 0.3 is 5.97 Å². The Kier molecular flexibility index (Phi) is 3.99. The molecule has 1 heterocycles. The summed E-state index contributed by atoms with van der Waals surface area (Å²) in [5.41, 5.74) is 0.379. The number of aromatic nitrogens is 1. The van der Waals surface area contributed by atoms with E-state index in [-0.39, 0.29) is 23.5 Å². The zero-order valence-corrected chi connectivity index (χ0v) is 12.2. The third-order valence-corrected chi connectivity index (χ3v) is 3.76. The van der Waals surface area contributed by atoms with Gasteiger partial charge in [-0.2, -0.15) is 0 Å². The maximum Gasteiger partial charge on any atom is 0.311 e. The lowest BCUT2D eigenvalue weighted by Crippen LogP contribution is -2.34. The molecule has 2 N–H and O–H groups in total. The second-order valence-corrected chi connectivity index (χ2v) is 5.91. The van der Waals surface area contributed by atoms with Crippen LogP contribution in [0, 0.1) is 5.41 Å². The van der Waals surface area contributed by atoms with Crippen LogP contribution in [0.4, 0.5) is 0 Å². The maximum atomic E-state index is 12.1. The lowest BCUT2D eigenvalue weighted by molar-refractivity contribution is -0.143. The molecule has 6 heteroatoms. The van der Waals surface area contributed by atoms with Gasteiger partial charge in [0, 0.05) is 17.8 Å². The molecule has 0 radical (unpaired) electrons. The van der Waals surface area contributed by atoms with Crippen LogP contribution in [0.1, 0.15) is 48.7 Å². The third kappa shape index (κ3) is 3.10. The number of carbonyl (C=O) groups excluding carboxylic acids is 1. The molecular formula is C14H17ClN2O3. The van der Waals surface area contributed by atoms with Crippen LogP contribution in [0.15, 0.2) is 12.1 Å². The van der Waals surface area contributed by atoms with Gasteiger partial charge in [0.15, 0.2) is 0 Å². The Hall–Kier alpha value is -1.62. The number of carboxylic acids is 1. The minimum absolute atomic E-state index is 0.151. The first-order chi connectivity index (χ1) is 9.34. The standard InChI is InChI=1S/C14H17ClN2O3/c1-8(2)10-5-9(6-11(15)17-10)12(18)16-7-14(3-4-14)13(19)20/h5-6,8H,3-4,7H2,1-2H3,(H,16,18)(H,19,20). The van der Waals surface area contributed by atoms with Crippen LogP contribution in [0.25, 0.3) is 0 Å². The van der Waals surface area contributed by atoms with Crippen molar-refractivity contribution in [1.29, 1.82) is 0 Å². The number of hydrogen-bond donors (Lipinski definition) is 2. The van der Waals surface area contributed by atoms with E-state index in [1.54, 1.807) is 6.07 Å². The number of nitrogens with zero attached hydrogens (tertiary/aromatic N) is 1. The minimum Gasteiger partial charge on any atom is -0.481 e. The van der Waals surface area contributed by atoms with Gasteiger partial charge in [0.1, 0.15) is 5.15 Å². The summed E-state index contributed by atoms with van der Waals surface area (Å²) in [7, 11) is 0. The van der Waals surface area contributed by atoms with Gasteiger partial charge in [-0.25, -0.2) is 4.98 Å². The molecule has 0 saturated heterocycles. The monoisotopic (exact) mass is 296 g/mol. The minimum atomic E-state index is -0.853. The Morgan fingerprint density at radius 3 is 2.60 bits per heavy atom. The van der Waals surface area contributed by atoms with Crippen molar-refractivity contribution >= 4 is 23.5 Å². The summed E-state index contributed by atoms with van der Waals surface area (Å²) >= 11 is 5.91. The lowest BCUT2D eigenvalue weighted by atomic mass is 10.1. The highest BCUT2D eigenvalue weighted by atomic mass is 35.5. The lowest BCUT2D eigenvalue weighted by Gasteiger charge is -2.12. The number of halogens is 1. The van der Waals surface area contributed by atoms with Crippen molar-refractivity contribution in [1.82, 2.24) is 10.3 Å². The zero-order chi connectivity index (χ0) is 14.9. The second-order valence-electron chi connectivity index (χ2n) is 5.53. The number of pyridine rings is 1. The fourth-order valence-corrected chi connectivity index (χ4v) is 2.13. The van der Waals surface area contributed by atoms with E-state index in [0.29, 0.717) is 18.4 Å². The number of carboxylic acid groups (broad SMARTS) is 1. The van der Waals surface area contributed by atoms with E-state index in [2.05, 4.69) is 10.3 Å². The number of nitrogens with one attached hydrogen (secondary N) is 1. The third-order valence-electron chi connectivity index (χ3n) is 3.56. The predicted octanol–water partition coefficient (Wildman–Crippen LogP) is 2.45. The van der Waals surface area contributed by atoms with Crippen molar-refractivity contribution in [3.05, 3.63) is 28.5 Å². The van der Waals surface area contributed by atoms with Crippen molar-refractivity contribution in [2.75, 3.05) is 6.54 Å². The highest BCUT2D eigenvalue weighted by Gasteiger charge is 2.50. The topological polar surface area (TPSA) is 79.3 Å². The van der Waals surface area contributed by atoms with E-state index < -0.39 is 11.4 Å². The second kappa shape index (κ2) is 5.40. The van der Waals surface area contributed by atoms with Crippen LogP contribution in [-0.4, -0.2) is 28.5 Å². The van der Waals surface area contributed by atoms with E-state index in [0.717, 1.165) is 5.69 Å². The quantitative estimate of drug-likeness (QED) is 0.818. The summed E-state index contributed by atoms with van der Waals surface area (Å²) < 4.78 is 0. The van der Waals surface area contributed by atoms with Crippen molar-refractivity contribution < 1.29 is 14.7 Å². The molecule has 1 aliphatic carbocycles. The van der Waals surface area contributed by atoms with Gasteiger partial charge in [0.25, 0.3) is 5.91 Å². The predicted molar refractivity (Wildman–Crippen MR) is 75.0 cm³/mol. The first kappa shape index (κ1) is 14.8. The average Bonchev–Trinajstić information content (AvgIpc) is 3.16. The molecule has 1 amide bonds. The van der Waals surface area contributed by atoms with Crippen LogP contribution in [0.5, 0.6) is 0 Å². The molecule has 1 aliphatic rings. The Bertz CT molecular complexity index is 553. The molecule has 108 valence electrons. The first-order valence-electron chi connectivity index (χ1n) is 6.53. The van der Waals surface area contributed by atoms with Gasteiger partial charge < -0.3 is 10.4 Å². The van der Waals surface area contributed by atoms with E-state index >= 15 is 0 Å². The molecule has 0 spiro atoms. The Labute approximate surface area is 122 Å². The van der Waals surface area contributed by atoms with E-state index in [9.17, 15) is 9.59 Å². The molecule has 1 aromatic heterocycles. The molecule has 1 saturated carbocycles. The molecule has 5 nitrogen and oxygen atoms in total. The number of rotatable bonds is 5. The average molecular weight is 297 g/mol. The Balaban J connectivity index is 2.08. The summed E-state index contributed by atoms with van der Waals surface area (Å²) in [5, 5.41) is 12.0. The van der Waals surface area contributed by atoms with Crippen molar-refractivity contribution in [2.24, 2.45) is 5.41 Å². The summed E-state index contributed by atoms with van der Waals surface area (Å²) in [6.07, 6.45) is 1.22. The molecule has 0 aromatic carbocycles. The molecule has 0 unspecified atom stereocenters. The van der Waals surface area contributed by atoms with Crippen LogP contribution in [0.2, 0.25) is 5.15 Å². The fourth-order valence-electron chi connectivity index (χ4n) is 1.91. The van der Waals surface area contributed by atoms with Gasteiger partial charge in [-0.05, 0) is 30.9 Å². The molecule has 1 fully saturated rings. The SMILES string of the molecule is CC(C)c1cc(C(=O)NCC2(C(=O)O)CC2)cc(Cl)n1. The maximum absolute atomic E-state index is 12.1. The van der Waals surface area contributed by atoms with E-state index in [1.807, 2.05) is 13.8 Å². The van der Waals surface area contributed by atoms with Crippen LogP contribution >= 0.6 is 11.6 Å². The molecule has 1 aromatic rings. The number of carbonyl (C=O) groups is 2. The number of aliphatic carboxylic acids is 1. The van der Waals surface area contributed by atoms with Crippen molar-refractivity contribution in [3.63, 3.8) is 0 Å². The van der Waals surface area contributed by atoms with Gasteiger partial charge in [0.2, 0.25) is 0 Å². The summed E-state index contributed by atoms with van der Waals surface area (Å²) in [6, 6.07) is 3.18. The Morgan fingerprint density at radius 2 is 2.10 bits per heavy atom. The summed E-state index contributed by atoms with van der Waals surface area (Å²) in [4.78, 5) is 27.3. The van der Waals surface area contributed by atoms with Crippen LogP contribution in [-0.2, 0) is 4.79 Å². The van der Waals surface area contributed by atoms with Crippen molar-refractivity contribution in [2.45, 2.75) is 32.6 Å². The molecular weight excluding hydrogens is 280 g/mol. The van der Waals surface area contributed by atoms with E-state index in [4.69, 9.17) is 16.7 Å². The highest BCUT2D eigenvalue weighted by Crippen LogP contribution is 2.45. The van der Waals surface area contributed by atoms with Gasteiger partial charge in [-0.3, -0.25) is 9.59 Å². The molecule has 0 aliphatic heterocycles. The zero-order valence-electron chi connectivity index (χ0n) is 11.4. The normalized spacial score (nSPS) is 16.0. The summed E-state index contributed by atoms with van der Waals surface area (Å²) in [6.45, 7) is 4.08. The molecule has 20 heavy (non-hydrogen) atoms. The summed E-state index contributed by atoms with van der Waals surface area (Å²) in [5.74, 6) is -1.01. The van der Waals surface area contributed by atoms with Crippen LogP contribution in [0.3, 0.4) is 0 Å². The number of amides is 1. The first-order valence-corrected chi connectivity index (χ1v) is 6.91. The number of hydrogen-bond acceptors (Lipinski definition) is 3. The smallest absolute Gasteiger partial charge is 0.311 e. The molecule has 0 bridgehead atoms. The van der Waals surface area contributed by atoms with E-state index in [1.165, 1.54) is 6.07 Å². The highest BCUT2D eigenvalue weighted by molar-refractivity contribution is 6.29. The van der Waals surface area contributed by atoms with Gasteiger partial charge in [-0.1, -0.05) is 25.4 Å². The van der Waals surface area contributed by atoms with Crippen LogP contribution < -0.4 is 5.32 Å². The molecule has 0 atom stereocenters. The van der Waals surface area contributed by atoms with Crippen molar-refractivity contribution in [3.8, 4) is 0 Å². The molecule has 2 rings (SSSR count). The fraction of sp³-hybridized carbons (Fsp3) is 0.500. The Morgan fingerprint density at radius 1 is 1.45 bits per heavy atom. The largest absolute Gasteiger partial charge is 0.481 e. The van der Waals surface area contributed by atoms with Gasteiger partial charge in [0.05, 0.1) is 5.41 Å². The van der Waals surface area contributed by atoms with Gasteiger partial charge in [-0.15, -0.1) is 0 Å².